The Morgan fingerprint density at radius 3 is 2.13 bits per heavy atom. The topological polar surface area (TPSA) is 89.7 Å². The van der Waals surface area contributed by atoms with Crippen LogP contribution in [-0.2, 0) is 14.3 Å². The molecule has 1 aromatic heterocycles. The van der Waals surface area contributed by atoms with Gasteiger partial charge in [0, 0.05) is 23.5 Å². The zero-order valence-electron chi connectivity index (χ0n) is 16.2. The molecular weight excluding hydrogens is 426 g/mol. The molecule has 2 amide bonds. The molecular formula is C22H18F2N2O4S. The summed E-state index contributed by atoms with van der Waals surface area (Å²) in [5, 5.41) is 0. The molecule has 0 aliphatic heterocycles. The molecule has 0 spiro atoms. The molecule has 0 bridgehead atoms. The van der Waals surface area contributed by atoms with Crippen LogP contribution in [0.4, 0.5) is 14.5 Å². The first-order valence-corrected chi connectivity index (χ1v) is 10.0. The Kier molecular flexibility index (Phi) is 7.09. The van der Waals surface area contributed by atoms with E-state index in [9.17, 15) is 23.2 Å². The fourth-order valence-corrected chi connectivity index (χ4v) is 3.64. The van der Waals surface area contributed by atoms with E-state index >= 15 is 0 Å². The van der Waals surface area contributed by atoms with Gasteiger partial charge in [0.2, 0.25) is 5.91 Å². The number of primary amides is 1. The summed E-state index contributed by atoms with van der Waals surface area (Å²) in [6.07, 6.45) is -0.108. The highest BCUT2D eigenvalue weighted by atomic mass is 32.1. The smallest absolute Gasteiger partial charge is 0.348 e. The summed E-state index contributed by atoms with van der Waals surface area (Å²) < 4.78 is 31.4. The zero-order valence-corrected chi connectivity index (χ0v) is 17.0. The number of rotatable bonds is 8. The second-order valence-corrected chi connectivity index (χ2v) is 7.57. The Morgan fingerprint density at radius 1 is 0.903 bits per heavy atom. The average Bonchev–Trinajstić information content (AvgIpc) is 3.24. The Hall–Kier alpha value is -3.59. The number of halogens is 2. The highest BCUT2D eigenvalue weighted by Crippen LogP contribution is 2.28. The zero-order chi connectivity index (χ0) is 22.4. The second-order valence-electron chi connectivity index (χ2n) is 6.49. The Labute approximate surface area is 180 Å². The summed E-state index contributed by atoms with van der Waals surface area (Å²) in [5.41, 5.74) is 6.25. The first kappa shape index (κ1) is 22.1. The molecule has 9 heteroatoms. The number of nitrogens with zero attached hydrogens (tertiary/aromatic N) is 1. The van der Waals surface area contributed by atoms with Gasteiger partial charge < -0.3 is 15.4 Å². The lowest BCUT2D eigenvalue weighted by molar-refractivity contribution is -0.121. The van der Waals surface area contributed by atoms with Crippen LogP contribution < -0.4 is 10.6 Å². The van der Waals surface area contributed by atoms with Gasteiger partial charge >= 0.3 is 5.97 Å². The summed E-state index contributed by atoms with van der Waals surface area (Å²) >= 11 is 1.15. The molecule has 0 atom stereocenters. The van der Waals surface area contributed by atoms with Gasteiger partial charge in [0.25, 0.3) is 5.91 Å². The van der Waals surface area contributed by atoms with E-state index in [-0.39, 0.29) is 23.7 Å². The molecule has 6 nitrogen and oxygen atoms in total. The van der Waals surface area contributed by atoms with Crippen LogP contribution in [0.2, 0.25) is 0 Å². The van der Waals surface area contributed by atoms with Crippen molar-refractivity contribution in [2.75, 3.05) is 18.1 Å². The van der Waals surface area contributed by atoms with Crippen molar-refractivity contribution >= 4 is 34.8 Å². The largest absolute Gasteiger partial charge is 0.451 e. The number of esters is 1. The first-order valence-electron chi connectivity index (χ1n) is 9.20. The molecule has 1 heterocycles. The van der Waals surface area contributed by atoms with E-state index in [4.69, 9.17) is 10.5 Å². The molecule has 3 aromatic rings. The van der Waals surface area contributed by atoms with Crippen LogP contribution >= 0.6 is 11.3 Å². The molecule has 0 unspecified atom stereocenters. The van der Waals surface area contributed by atoms with E-state index in [2.05, 4.69) is 0 Å². The SMILES string of the molecule is NC(=O)CCN(C(=O)COC(=O)c1ccc(-c2ccc(F)cc2)s1)c1ccc(F)cc1. The van der Waals surface area contributed by atoms with Crippen molar-refractivity contribution in [1.82, 2.24) is 0 Å². The van der Waals surface area contributed by atoms with Gasteiger partial charge in [-0.3, -0.25) is 9.59 Å². The van der Waals surface area contributed by atoms with E-state index in [0.717, 1.165) is 21.8 Å². The van der Waals surface area contributed by atoms with Crippen LogP contribution in [0.15, 0.2) is 60.7 Å². The van der Waals surface area contributed by atoms with E-state index < -0.39 is 30.2 Å². The maximum Gasteiger partial charge on any atom is 0.348 e. The summed E-state index contributed by atoms with van der Waals surface area (Å²) in [4.78, 5) is 38.3. The fourth-order valence-electron chi connectivity index (χ4n) is 2.73. The third-order valence-electron chi connectivity index (χ3n) is 4.28. The standard InChI is InChI=1S/C22H18F2N2O4S/c23-15-3-1-14(2-4-15)18-9-10-19(31-18)22(29)30-13-21(28)26(12-11-20(25)27)17-7-5-16(24)6-8-17/h1-10H,11-13H2,(H2,25,27). The molecule has 2 N–H and O–H groups in total. The van der Waals surface area contributed by atoms with Crippen LogP contribution in [0.3, 0.4) is 0 Å². The number of anilines is 1. The van der Waals surface area contributed by atoms with Crippen LogP contribution in [0, 0.1) is 11.6 Å². The molecule has 0 saturated carbocycles. The Balaban J connectivity index is 1.65. The third kappa shape index (κ3) is 5.95. The maximum absolute atomic E-state index is 13.2. The van der Waals surface area contributed by atoms with Gasteiger partial charge in [0.05, 0.1) is 0 Å². The molecule has 31 heavy (non-hydrogen) atoms. The van der Waals surface area contributed by atoms with Crippen LogP contribution in [0.1, 0.15) is 16.1 Å². The van der Waals surface area contributed by atoms with Crippen molar-refractivity contribution in [2.24, 2.45) is 5.73 Å². The minimum Gasteiger partial charge on any atom is -0.451 e. The summed E-state index contributed by atoms with van der Waals surface area (Å²) in [6, 6.07) is 14.2. The summed E-state index contributed by atoms with van der Waals surface area (Å²) in [5.74, 6) is -2.73. The van der Waals surface area contributed by atoms with Crippen LogP contribution in [0.25, 0.3) is 10.4 Å². The lowest BCUT2D eigenvalue weighted by Crippen LogP contribution is -2.37. The van der Waals surface area contributed by atoms with Crippen LogP contribution in [-0.4, -0.2) is 30.9 Å². The number of carbonyl (C=O) groups excluding carboxylic acids is 3. The third-order valence-corrected chi connectivity index (χ3v) is 5.40. The number of nitrogens with two attached hydrogens (primary N) is 1. The molecule has 0 aliphatic carbocycles. The Bertz CT molecular complexity index is 1080. The maximum atomic E-state index is 13.2. The predicted octanol–water partition coefficient (Wildman–Crippen LogP) is 3.76. The normalized spacial score (nSPS) is 10.5. The van der Waals surface area contributed by atoms with Gasteiger partial charge in [-0.15, -0.1) is 11.3 Å². The first-order chi connectivity index (χ1) is 14.8. The minimum atomic E-state index is -0.694. The van der Waals surface area contributed by atoms with E-state index in [1.54, 1.807) is 24.3 Å². The second kappa shape index (κ2) is 9.94. The number of amides is 2. The lowest BCUT2D eigenvalue weighted by Gasteiger charge is -2.22. The van der Waals surface area contributed by atoms with E-state index in [1.807, 2.05) is 0 Å². The summed E-state index contributed by atoms with van der Waals surface area (Å²) in [7, 11) is 0. The molecule has 0 aliphatic rings. The number of hydrogen-bond donors (Lipinski definition) is 1. The summed E-state index contributed by atoms with van der Waals surface area (Å²) in [6.45, 7) is -0.607. The average molecular weight is 444 g/mol. The van der Waals surface area contributed by atoms with E-state index in [1.165, 1.54) is 41.3 Å². The molecule has 0 fully saturated rings. The van der Waals surface area contributed by atoms with Gasteiger partial charge in [0.1, 0.15) is 16.5 Å². The molecule has 0 saturated heterocycles. The van der Waals surface area contributed by atoms with Crippen molar-refractivity contribution < 1.29 is 27.9 Å². The molecule has 3 rings (SSSR count). The number of ether oxygens (including phenoxy) is 1. The van der Waals surface area contributed by atoms with Crippen LogP contribution in [0.5, 0.6) is 0 Å². The Morgan fingerprint density at radius 2 is 1.52 bits per heavy atom. The number of benzene rings is 2. The fraction of sp³-hybridized carbons (Fsp3) is 0.136. The highest BCUT2D eigenvalue weighted by Gasteiger charge is 2.20. The van der Waals surface area contributed by atoms with Crippen molar-refractivity contribution in [3.63, 3.8) is 0 Å². The predicted molar refractivity (Wildman–Crippen MR) is 113 cm³/mol. The van der Waals surface area contributed by atoms with Crippen molar-refractivity contribution in [1.29, 1.82) is 0 Å². The number of thiophene rings is 1. The highest BCUT2D eigenvalue weighted by molar-refractivity contribution is 7.17. The quantitative estimate of drug-likeness (QED) is 0.536. The van der Waals surface area contributed by atoms with Gasteiger partial charge in [-0.05, 0) is 54.1 Å². The molecule has 2 aromatic carbocycles. The molecule has 0 radical (unpaired) electrons. The minimum absolute atomic E-state index is 0.0366. The van der Waals surface area contributed by atoms with Gasteiger partial charge in [0.15, 0.2) is 6.61 Å². The van der Waals surface area contributed by atoms with Crippen molar-refractivity contribution in [3.8, 4) is 10.4 Å². The lowest BCUT2D eigenvalue weighted by atomic mass is 10.2. The van der Waals surface area contributed by atoms with Gasteiger partial charge in [-0.1, -0.05) is 12.1 Å². The van der Waals surface area contributed by atoms with Crippen molar-refractivity contribution in [2.45, 2.75) is 6.42 Å². The molecule has 160 valence electrons. The van der Waals surface area contributed by atoms with Crippen molar-refractivity contribution in [3.05, 3.63) is 77.2 Å². The monoisotopic (exact) mass is 444 g/mol. The van der Waals surface area contributed by atoms with Gasteiger partial charge in [-0.25, -0.2) is 13.6 Å². The number of carbonyl (C=O) groups is 3. The van der Waals surface area contributed by atoms with E-state index in [0.29, 0.717) is 5.69 Å². The van der Waals surface area contributed by atoms with Gasteiger partial charge in [-0.2, -0.15) is 0 Å². The number of hydrogen-bond acceptors (Lipinski definition) is 5.